The molecule has 4 heteroatoms. The van der Waals surface area contributed by atoms with Gasteiger partial charge in [0.1, 0.15) is 5.82 Å². The van der Waals surface area contributed by atoms with Gasteiger partial charge in [-0.15, -0.1) is 0 Å². The molecule has 2 N–H and O–H groups in total. The van der Waals surface area contributed by atoms with Gasteiger partial charge in [-0.2, -0.15) is 5.10 Å². The van der Waals surface area contributed by atoms with E-state index in [1.807, 2.05) is 16.8 Å². The van der Waals surface area contributed by atoms with Gasteiger partial charge in [-0.3, -0.25) is 0 Å². The molecular formula is C13H16N4. The second kappa shape index (κ2) is 3.96. The van der Waals surface area contributed by atoms with E-state index in [0.29, 0.717) is 12.5 Å². The van der Waals surface area contributed by atoms with E-state index in [4.69, 9.17) is 5.73 Å². The average Bonchev–Trinajstić information content (AvgIpc) is 3.09. The van der Waals surface area contributed by atoms with Crippen LogP contribution in [0.4, 0.5) is 0 Å². The first-order chi connectivity index (χ1) is 8.28. The van der Waals surface area contributed by atoms with Gasteiger partial charge in [0.05, 0.1) is 12.2 Å². The number of benzene rings is 1. The zero-order valence-electron chi connectivity index (χ0n) is 9.93. The molecule has 4 nitrogen and oxygen atoms in total. The fraction of sp³-hybridized carbons (Fsp3) is 0.385. The van der Waals surface area contributed by atoms with Gasteiger partial charge in [0.2, 0.25) is 0 Å². The summed E-state index contributed by atoms with van der Waals surface area (Å²) in [4.78, 5) is 4.52. The highest BCUT2D eigenvalue weighted by atomic mass is 15.4. The molecule has 1 aromatic carbocycles. The van der Waals surface area contributed by atoms with Crippen molar-refractivity contribution in [3.63, 3.8) is 0 Å². The molecule has 0 saturated heterocycles. The van der Waals surface area contributed by atoms with Gasteiger partial charge in [-0.25, -0.2) is 9.67 Å². The molecular weight excluding hydrogens is 212 g/mol. The van der Waals surface area contributed by atoms with Crippen LogP contribution in [0, 0.1) is 6.92 Å². The van der Waals surface area contributed by atoms with Crippen LogP contribution in [0.1, 0.15) is 36.0 Å². The summed E-state index contributed by atoms with van der Waals surface area (Å²) in [7, 11) is 0. The average molecular weight is 228 g/mol. The summed E-state index contributed by atoms with van der Waals surface area (Å²) in [5.74, 6) is 2.36. The molecule has 17 heavy (non-hydrogen) atoms. The first-order valence-corrected chi connectivity index (χ1v) is 6.01. The minimum atomic E-state index is 0.424. The van der Waals surface area contributed by atoms with Gasteiger partial charge in [0, 0.05) is 5.92 Å². The quantitative estimate of drug-likeness (QED) is 0.873. The standard InChI is InChI=1S/C13H16N4/c1-9-3-2-4-11(7-9)17-12(8-14)15-13(16-17)10-5-6-10/h2-4,7,10H,5-6,8,14H2,1H3. The number of hydrogen-bond acceptors (Lipinski definition) is 3. The van der Waals surface area contributed by atoms with E-state index < -0.39 is 0 Å². The Bertz CT molecular complexity index is 540. The molecule has 0 amide bonds. The highest BCUT2D eigenvalue weighted by molar-refractivity contribution is 5.35. The number of nitrogens with two attached hydrogens (primary N) is 1. The summed E-state index contributed by atoms with van der Waals surface area (Å²) < 4.78 is 1.88. The Kier molecular flexibility index (Phi) is 2.44. The Hall–Kier alpha value is -1.68. The van der Waals surface area contributed by atoms with Crippen molar-refractivity contribution in [3.05, 3.63) is 41.5 Å². The smallest absolute Gasteiger partial charge is 0.154 e. The second-order valence-corrected chi connectivity index (χ2v) is 4.62. The van der Waals surface area contributed by atoms with Crippen molar-refractivity contribution in [2.75, 3.05) is 0 Å². The summed E-state index contributed by atoms with van der Waals surface area (Å²) >= 11 is 0. The minimum Gasteiger partial charge on any atom is -0.324 e. The maximum Gasteiger partial charge on any atom is 0.154 e. The summed E-state index contributed by atoms with van der Waals surface area (Å²) in [5.41, 5.74) is 8.00. The van der Waals surface area contributed by atoms with Crippen molar-refractivity contribution in [2.24, 2.45) is 5.73 Å². The molecule has 3 rings (SSSR count). The lowest BCUT2D eigenvalue weighted by atomic mass is 10.2. The van der Waals surface area contributed by atoms with Crippen molar-refractivity contribution in [1.29, 1.82) is 0 Å². The third-order valence-corrected chi connectivity index (χ3v) is 3.06. The van der Waals surface area contributed by atoms with Crippen molar-refractivity contribution in [1.82, 2.24) is 14.8 Å². The highest BCUT2D eigenvalue weighted by Crippen LogP contribution is 2.38. The Morgan fingerprint density at radius 1 is 1.41 bits per heavy atom. The Balaban J connectivity index is 2.06. The second-order valence-electron chi connectivity index (χ2n) is 4.62. The van der Waals surface area contributed by atoms with Crippen LogP contribution < -0.4 is 5.73 Å². The molecule has 0 aliphatic heterocycles. The van der Waals surface area contributed by atoms with Gasteiger partial charge in [-0.1, -0.05) is 12.1 Å². The molecule has 0 spiro atoms. The molecule has 88 valence electrons. The monoisotopic (exact) mass is 228 g/mol. The third-order valence-electron chi connectivity index (χ3n) is 3.06. The van der Waals surface area contributed by atoms with Gasteiger partial charge in [-0.05, 0) is 37.5 Å². The first kappa shape index (κ1) is 10.5. The fourth-order valence-electron chi connectivity index (χ4n) is 1.98. The van der Waals surface area contributed by atoms with Crippen LogP contribution >= 0.6 is 0 Å². The molecule has 0 radical (unpaired) electrons. The van der Waals surface area contributed by atoms with Crippen LogP contribution in [0.15, 0.2) is 24.3 Å². The molecule has 1 aliphatic rings. The zero-order valence-corrected chi connectivity index (χ0v) is 9.93. The maximum atomic E-state index is 5.74. The lowest BCUT2D eigenvalue weighted by molar-refractivity contribution is 0.780. The van der Waals surface area contributed by atoms with Crippen molar-refractivity contribution < 1.29 is 0 Å². The van der Waals surface area contributed by atoms with Crippen LogP contribution in [0.2, 0.25) is 0 Å². The molecule has 0 atom stereocenters. The minimum absolute atomic E-state index is 0.424. The fourth-order valence-corrected chi connectivity index (χ4v) is 1.98. The van der Waals surface area contributed by atoms with Crippen molar-refractivity contribution in [2.45, 2.75) is 32.2 Å². The summed E-state index contributed by atoms with van der Waals surface area (Å²) in [6, 6.07) is 8.25. The molecule has 0 unspecified atom stereocenters. The normalized spacial score (nSPS) is 15.2. The Morgan fingerprint density at radius 3 is 2.88 bits per heavy atom. The van der Waals surface area contributed by atoms with E-state index in [1.165, 1.54) is 18.4 Å². The number of rotatable bonds is 3. The topological polar surface area (TPSA) is 56.7 Å². The predicted octanol–water partition coefficient (Wildman–Crippen LogP) is 1.91. The molecule has 1 fully saturated rings. The first-order valence-electron chi connectivity index (χ1n) is 6.01. The van der Waals surface area contributed by atoms with E-state index in [9.17, 15) is 0 Å². The summed E-state index contributed by atoms with van der Waals surface area (Å²) in [5, 5.41) is 4.58. The number of nitrogens with zero attached hydrogens (tertiary/aromatic N) is 3. The summed E-state index contributed by atoms with van der Waals surface area (Å²) in [6.07, 6.45) is 2.42. The number of aryl methyl sites for hydroxylation is 1. The van der Waals surface area contributed by atoms with Crippen LogP contribution in [0.25, 0.3) is 5.69 Å². The van der Waals surface area contributed by atoms with Gasteiger partial charge in [0.25, 0.3) is 0 Å². The van der Waals surface area contributed by atoms with E-state index in [0.717, 1.165) is 17.3 Å². The van der Waals surface area contributed by atoms with Crippen LogP contribution in [-0.2, 0) is 6.54 Å². The maximum absolute atomic E-state index is 5.74. The highest BCUT2D eigenvalue weighted by Gasteiger charge is 2.28. The van der Waals surface area contributed by atoms with E-state index in [2.05, 4.69) is 29.1 Å². The third kappa shape index (κ3) is 1.96. The van der Waals surface area contributed by atoms with Crippen LogP contribution in [-0.4, -0.2) is 14.8 Å². The molecule has 2 aromatic rings. The lowest BCUT2D eigenvalue weighted by Gasteiger charge is -2.04. The van der Waals surface area contributed by atoms with E-state index in [1.54, 1.807) is 0 Å². The molecule has 1 saturated carbocycles. The van der Waals surface area contributed by atoms with Crippen molar-refractivity contribution in [3.8, 4) is 5.69 Å². The number of aromatic nitrogens is 3. The van der Waals surface area contributed by atoms with Crippen molar-refractivity contribution >= 4 is 0 Å². The molecule has 1 aliphatic carbocycles. The van der Waals surface area contributed by atoms with Crippen LogP contribution in [0.3, 0.4) is 0 Å². The SMILES string of the molecule is Cc1cccc(-n2nc(C3CC3)nc2CN)c1. The van der Waals surface area contributed by atoms with Crippen LogP contribution in [0.5, 0.6) is 0 Å². The largest absolute Gasteiger partial charge is 0.324 e. The Morgan fingerprint density at radius 2 is 2.24 bits per heavy atom. The zero-order chi connectivity index (χ0) is 11.8. The lowest BCUT2D eigenvalue weighted by Crippen LogP contribution is -2.07. The van der Waals surface area contributed by atoms with Gasteiger partial charge in [0.15, 0.2) is 5.82 Å². The summed E-state index contributed by atoms with van der Waals surface area (Å²) in [6.45, 7) is 2.50. The predicted molar refractivity (Wildman–Crippen MR) is 66.0 cm³/mol. The number of hydrogen-bond donors (Lipinski definition) is 1. The Labute approximate surface area is 100 Å². The molecule has 1 aromatic heterocycles. The van der Waals surface area contributed by atoms with Gasteiger partial charge < -0.3 is 5.73 Å². The van der Waals surface area contributed by atoms with Gasteiger partial charge >= 0.3 is 0 Å². The van der Waals surface area contributed by atoms with E-state index >= 15 is 0 Å². The molecule has 0 bridgehead atoms. The van der Waals surface area contributed by atoms with E-state index in [-0.39, 0.29) is 0 Å². The molecule has 1 heterocycles.